The molecule has 2 nitrogen and oxygen atoms in total. The van der Waals surface area contributed by atoms with E-state index in [0.29, 0.717) is 11.8 Å². The van der Waals surface area contributed by atoms with Crippen LogP contribution in [0.1, 0.15) is 20.3 Å². The lowest BCUT2D eigenvalue weighted by atomic mass is 9.96. The maximum Gasteiger partial charge on any atom is 0.111 e. The molecule has 96 valence electrons. The van der Waals surface area contributed by atoms with Crippen LogP contribution in [0.25, 0.3) is 0 Å². The van der Waals surface area contributed by atoms with Crippen molar-refractivity contribution in [2.24, 2.45) is 0 Å². The molecule has 0 rings (SSSR count). The monoisotopic (exact) mass is 235 g/mol. The van der Waals surface area contributed by atoms with Gasteiger partial charge in [-0.3, -0.25) is 0 Å². The van der Waals surface area contributed by atoms with Gasteiger partial charge in [0, 0.05) is 6.04 Å². The van der Waals surface area contributed by atoms with E-state index < -0.39 is 0 Å². The van der Waals surface area contributed by atoms with Gasteiger partial charge in [0.15, 0.2) is 0 Å². The maximum atomic E-state index is 5.07. The quantitative estimate of drug-likeness (QED) is 0.494. The Morgan fingerprint density at radius 3 is 2.12 bits per heavy atom. The predicted octanol–water partition coefficient (Wildman–Crippen LogP) is 3.55. The summed E-state index contributed by atoms with van der Waals surface area (Å²) < 4.78 is 5.07. The Balaban J connectivity index is 4.86. The second-order valence-electron chi connectivity index (χ2n) is 4.63. The molecule has 0 saturated heterocycles. The Labute approximate surface area is 106 Å². The van der Waals surface area contributed by atoms with E-state index in [1.54, 1.807) is 7.11 Å². The summed E-state index contributed by atoms with van der Waals surface area (Å²) in [6, 6.07) is 0.297. The van der Waals surface area contributed by atoms with Gasteiger partial charge in [-0.1, -0.05) is 36.5 Å². The predicted molar refractivity (Wildman–Crippen MR) is 76.0 cm³/mol. The van der Waals surface area contributed by atoms with Gasteiger partial charge in [-0.05, 0) is 40.4 Å². The summed E-state index contributed by atoms with van der Waals surface area (Å²) >= 11 is 0. The minimum absolute atomic E-state index is 0.297. The summed E-state index contributed by atoms with van der Waals surface area (Å²) in [5.41, 5.74) is 3.33. The van der Waals surface area contributed by atoms with Crippen molar-refractivity contribution in [3.63, 3.8) is 0 Å². The average Bonchev–Trinajstić information content (AvgIpc) is 2.24. The first-order valence-electron chi connectivity index (χ1n) is 5.70. The van der Waals surface area contributed by atoms with Crippen LogP contribution in [0.15, 0.2) is 48.3 Å². The fraction of sp³-hybridized carbons (Fsp3) is 0.467. The van der Waals surface area contributed by atoms with Crippen LogP contribution in [0.4, 0.5) is 0 Å². The number of hydrogen-bond donors (Lipinski definition) is 0. The van der Waals surface area contributed by atoms with Gasteiger partial charge in [0.2, 0.25) is 0 Å². The van der Waals surface area contributed by atoms with Crippen molar-refractivity contribution < 1.29 is 4.74 Å². The molecule has 0 bridgehead atoms. The van der Waals surface area contributed by atoms with E-state index in [1.807, 2.05) is 13.0 Å². The lowest BCUT2D eigenvalue weighted by molar-refractivity contribution is 0.302. The third-order valence-corrected chi connectivity index (χ3v) is 2.84. The molecule has 0 aromatic heterocycles. The van der Waals surface area contributed by atoms with E-state index in [4.69, 9.17) is 4.74 Å². The van der Waals surface area contributed by atoms with Crippen LogP contribution >= 0.6 is 0 Å². The molecule has 1 atom stereocenters. The lowest BCUT2D eigenvalue weighted by Crippen LogP contribution is -2.29. The van der Waals surface area contributed by atoms with E-state index in [2.05, 4.69) is 45.7 Å². The molecule has 0 heterocycles. The SMILES string of the molecule is C=C(/C=C(\C)[C@H](CC(=C)C(=C)C)N(C)C)OC. The molecule has 0 saturated carbocycles. The highest BCUT2D eigenvalue weighted by Gasteiger charge is 2.15. The number of ether oxygens (including phenoxy) is 1. The summed E-state index contributed by atoms with van der Waals surface area (Å²) in [5, 5.41) is 0. The summed E-state index contributed by atoms with van der Waals surface area (Å²) in [6.45, 7) is 15.9. The fourth-order valence-corrected chi connectivity index (χ4v) is 1.57. The van der Waals surface area contributed by atoms with Gasteiger partial charge in [0.25, 0.3) is 0 Å². The smallest absolute Gasteiger partial charge is 0.111 e. The van der Waals surface area contributed by atoms with E-state index in [0.717, 1.165) is 17.6 Å². The van der Waals surface area contributed by atoms with E-state index in [1.165, 1.54) is 5.57 Å². The molecule has 0 N–H and O–H groups in total. The minimum Gasteiger partial charge on any atom is -0.497 e. The topological polar surface area (TPSA) is 12.5 Å². The van der Waals surface area contributed by atoms with Gasteiger partial charge >= 0.3 is 0 Å². The van der Waals surface area contributed by atoms with Gasteiger partial charge in [-0.25, -0.2) is 0 Å². The zero-order valence-corrected chi connectivity index (χ0v) is 11.8. The summed E-state index contributed by atoms with van der Waals surface area (Å²) in [5.74, 6) is 0.676. The van der Waals surface area contributed by atoms with Gasteiger partial charge in [0.1, 0.15) is 5.76 Å². The van der Waals surface area contributed by atoms with Crippen LogP contribution in [0.2, 0.25) is 0 Å². The normalized spacial score (nSPS) is 13.4. The molecule has 0 amide bonds. The largest absolute Gasteiger partial charge is 0.497 e. The van der Waals surface area contributed by atoms with Crippen molar-refractivity contribution in [1.29, 1.82) is 0 Å². The Hall–Kier alpha value is -1.28. The number of allylic oxidation sites excluding steroid dienone is 2. The molecule has 0 radical (unpaired) electrons. The van der Waals surface area contributed by atoms with E-state index in [9.17, 15) is 0 Å². The van der Waals surface area contributed by atoms with Gasteiger partial charge in [-0.2, -0.15) is 0 Å². The molecule has 0 fully saturated rings. The van der Waals surface area contributed by atoms with Crippen molar-refractivity contribution in [1.82, 2.24) is 4.90 Å². The number of likely N-dealkylation sites (N-methyl/N-ethyl adjacent to an activating group) is 1. The molecular weight excluding hydrogens is 210 g/mol. The zero-order valence-electron chi connectivity index (χ0n) is 11.8. The first-order chi connectivity index (χ1) is 7.79. The second-order valence-corrected chi connectivity index (χ2v) is 4.63. The van der Waals surface area contributed by atoms with Crippen molar-refractivity contribution >= 4 is 0 Å². The molecule has 0 aliphatic heterocycles. The molecular formula is C15H25NO. The molecule has 0 aromatic rings. The highest BCUT2D eigenvalue weighted by molar-refractivity contribution is 5.28. The van der Waals surface area contributed by atoms with Crippen LogP contribution in [-0.2, 0) is 4.74 Å². The van der Waals surface area contributed by atoms with Crippen LogP contribution in [0.3, 0.4) is 0 Å². The number of methoxy groups -OCH3 is 1. The molecule has 0 aromatic carbocycles. The average molecular weight is 235 g/mol. The van der Waals surface area contributed by atoms with Crippen LogP contribution in [0.5, 0.6) is 0 Å². The number of rotatable bonds is 7. The first-order valence-corrected chi connectivity index (χ1v) is 5.70. The molecule has 17 heavy (non-hydrogen) atoms. The summed E-state index contributed by atoms with van der Waals surface area (Å²) in [7, 11) is 5.75. The molecule has 0 unspecified atom stereocenters. The number of nitrogens with zero attached hydrogens (tertiary/aromatic N) is 1. The van der Waals surface area contributed by atoms with Crippen molar-refractivity contribution in [2.75, 3.05) is 21.2 Å². The van der Waals surface area contributed by atoms with Crippen molar-refractivity contribution in [2.45, 2.75) is 26.3 Å². The van der Waals surface area contributed by atoms with Gasteiger partial charge < -0.3 is 9.64 Å². The van der Waals surface area contributed by atoms with Crippen LogP contribution in [0, 0.1) is 0 Å². The second kappa shape index (κ2) is 7.13. The Bertz CT molecular complexity index is 337. The highest BCUT2D eigenvalue weighted by atomic mass is 16.5. The van der Waals surface area contributed by atoms with Gasteiger partial charge in [-0.15, -0.1) is 0 Å². The fourth-order valence-electron chi connectivity index (χ4n) is 1.57. The molecule has 2 heteroatoms. The summed E-state index contributed by atoms with van der Waals surface area (Å²) in [6.07, 6.45) is 2.85. The van der Waals surface area contributed by atoms with E-state index >= 15 is 0 Å². The third kappa shape index (κ3) is 5.55. The first kappa shape index (κ1) is 15.7. The standard InChI is InChI=1S/C15H25NO/c1-11(2)12(3)10-15(16(6)7)13(4)9-14(5)17-8/h9,15H,1,3,5,10H2,2,4,6-8H3/b13-9+/t15-/m0/s1. The molecule has 0 aliphatic rings. The van der Waals surface area contributed by atoms with Crippen LogP contribution < -0.4 is 0 Å². The van der Waals surface area contributed by atoms with Crippen molar-refractivity contribution in [3.8, 4) is 0 Å². The highest BCUT2D eigenvalue weighted by Crippen LogP contribution is 2.20. The third-order valence-electron chi connectivity index (χ3n) is 2.84. The van der Waals surface area contributed by atoms with E-state index in [-0.39, 0.29) is 0 Å². The zero-order chi connectivity index (χ0) is 13.6. The Morgan fingerprint density at radius 1 is 1.24 bits per heavy atom. The Kier molecular flexibility index (Phi) is 6.59. The molecule has 0 aliphatic carbocycles. The van der Waals surface area contributed by atoms with Gasteiger partial charge in [0.05, 0.1) is 7.11 Å². The molecule has 0 spiro atoms. The minimum atomic E-state index is 0.297. The van der Waals surface area contributed by atoms with Crippen molar-refractivity contribution in [3.05, 3.63) is 48.3 Å². The number of hydrogen-bond acceptors (Lipinski definition) is 2. The Morgan fingerprint density at radius 2 is 1.76 bits per heavy atom. The lowest BCUT2D eigenvalue weighted by Gasteiger charge is -2.26. The summed E-state index contributed by atoms with van der Waals surface area (Å²) in [4.78, 5) is 2.17. The van der Waals surface area contributed by atoms with Crippen LogP contribution in [-0.4, -0.2) is 32.1 Å². The maximum absolute atomic E-state index is 5.07.